The van der Waals surface area contributed by atoms with Gasteiger partial charge in [-0.05, 0) is 28.0 Å². The standard InChI is InChI=1S/C16H12N2O/c17-16(19)15-10-18-9-8-14(15)13-7-3-5-11-4-1-2-6-12(11)13/h1-10H,(H2,17,19). The molecule has 0 fully saturated rings. The molecule has 3 nitrogen and oxygen atoms in total. The lowest BCUT2D eigenvalue weighted by atomic mass is 9.96. The van der Waals surface area contributed by atoms with Crippen LogP contribution in [0.4, 0.5) is 0 Å². The van der Waals surface area contributed by atoms with Crippen molar-refractivity contribution in [2.24, 2.45) is 5.73 Å². The van der Waals surface area contributed by atoms with Crippen LogP contribution in [-0.2, 0) is 0 Å². The van der Waals surface area contributed by atoms with Gasteiger partial charge in [0.2, 0.25) is 0 Å². The van der Waals surface area contributed by atoms with Crippen LogP contribution in [0.15, 0.2) is 60.9 Å². The van der Waals surface area contributed by atoms with Gasteiger partial charge in [0.25, 0.3) is 5.91 Å². The summed E-state index contributed by atoms with van der Waals surface area (Å²) in [6.45, 7) is 0. The van der Waals surface area contributed by atoms with Crippen LogP contribution >= 0.6 is 0 Å². The van der Waals surface area contributed by atoms with Gasteiger partial charge < -0.3 is 5.73 Å². The van der Waals surface area contributed by atoms with E-state index in [0.717, 1.165) is 21.9 Å². The smallest absolute Gasteiger partial charge is 0.250 e. The van der Waals surface area contributed by atoms with Crippen molar-refractivity contribution >= 4 is 16.7 Å². The molecule has 0 saturated heterocycles. The number of nitrogens with zero attached hydrogens (tertiary/aromatic N) is 1. The molecule has 0 spiro atoms. The van der Waals surface area contributed by atoms with Crippen LogP contribution in [0.1, 0.15) is 10.4 Å². The second-order valence-electron chi connectivity index (χ2n) is 4.31. The molecule has 2 aromatic carbocycles. The molecule has 0 aliphatic rings. The lowest BCUT2D eigenvalue weighted by Gasteiger charge is -2.09. The molecule has 0 unspecified atom stereocenters. The number of carbonyl (C=O) groups is 1. The zero-order chi connectivity index (χ0) is 13.2. The fraction of sp³-hybridized carbons (Fsp3) is 0. The van der Waals surface area contributed by atoms with Crippen LogP contribution in [0.5, 0.6) is 0 Å². The summed E-state index contributed by atoms with van der Waals surface area (Å²) in [4.78, 5) is 15.5. The van der Waals surface area contributed by atoms with E-state index in [2.05, 4.69) is 4.98 Å². The molecule has 0 bridgehead atoms. The van der Waals surface area contributed by atoms with Gasteiger partial charge in [-0.2, -0.15) is 0 Å². The largest absolute Gasteiger partial charge is 0.366 e. The molecule has 3 heteroatoms. The summed E-state index contributed by atoms with van der Waals surface area (Å²) in [6.07, 6.45) is 3.18. The van der Waals surface area contributed by atoms with Crippen molar-refractivity contribution in [2.45, 2.75) is 0 Å². The third-order valence-electron chi connectivity index (χ3n) is 3.17. The zero-order valence-electron chi connectivity index (χ0n) is 10.2. The van der Waals surface area contributed by atoms with E-state index in [1.54, 1.807) is 6.20 Å². The number of primary amides is 1. The normalized spacial score (nSPS) is 10.5. The van der Waals surface area contributed by atoms with E-state index < -0.39 is 5.91 Å². The lowest BCUT2D eigenvalue weighted by molar-refractivity contribution is 0.100. The first-order valence-corrected chi connectivity index (χ1v) is 5.99. The Hall–Kier alpha value is -2.68. The summed E-state index contributed by atoms with van der Waals surface area (Å²) in [5.41, 5.74) is 7.67. The van der Waals surface area contributed by atoms with E-state index in [1.165, 1.54) is 6.20 Å². The van der Waals surface area contributed by atoms with Crippen LogP contribution < -0.4 is 5.73 Å². The molecule has 0 atom stereocenters. The molecule has 1 amide bonds. The van der Waals surface area contributed by atoms with Crippen molar-refractivity contribution < 1.29 is 4.79 Å². The minimum atomic E-state index is -0.462. The van der Waals surface area contributed by atoms with Gasteiger partial charge in [0.05, 0.1) is 5.56 Å². The fourth-order valence-electron chi connectivity index (χ4n) is 2.29. The van der Waals surface area contributed by atoms with Crippen molar-refractivity contribution in [3.63, 3.8) is 0 Å². The van der Waals surface area contributed by atoms with E-state index in [0.29, 0.717) is 5.56 Å². The molecule has 2 N–H and O–H groups in total. The maximum absolute atomic E-state index is 11.5. The van der Waals surface area contributed by atoms with Crippen molar-refractivity contribution in [2.75, 3.05) is 0 Å². The minimum Gasteiger partial charge on any atom is -0.366 e. The van der Waals surface area contributed by atoms with Gasteiger partial charge in [-0.1, -0.05) is 42.5 Å². The van der Waals surface area contributed by atoms with Crippen molar-refractivity contribution in [1.82, 2.24) is 4.98 Å². The van der Waals surface area contributed by atoms with Gasteiger partial charge in [-0.3, -0.25) is 9.78 Å². The Bertz CT molecular complexity index is 760. The Morgan fingerprint density at radius 3 is 2.58 bits per heavy atom. The van der Waals surface area contributed by atoms with Crippen LogP contribution in [-0.4, -0.2) is 10.9 Å². The Labute approximate surface area is 110 Å². The van der Waals surface area contributed by atoms with E-state index in [9.17, 15) is 4.79 Å². The van der Waals surface area contributed by atoms with Crippen LogP contribution in [0.25, 0.3) is 21.9 Å². The molecule has 19 heavy (non-hydrogen) atoms. The average Bonchev–Trinajstić information content (AvgIpc) is 2.46. The molecule has 1 heterocycles. The molecule has 0 saturated carbocycles. The van der Waals surface area contributed by atoms with E-state index in [4.69, 9.17) is 5.73 Å². The molecule has 0 aliphatic carbocycles. The first-order chi connectivity index (χ1) is 9.27. The molecule has 1 aromatic heterocycles. The summed E-state index contributed by atoms with van der Waals surface area (Å²) in [7, 11) is 0. The fourth-order valence-corrected chi connectivity index (χ4v) is 2.29. The van der Waals surface area contributed by atoms with E-state index >= 15 is 0 Å². The predicted octanol–water partition coefficient (Wildman–Crippen LogP) is 3.00. The molecule has 0 radical (unpaired) electrons. The molecule has 92 valence electrons. The highest BCUT2D eigenvalue weighted by atomic mass is 16.1. The highest BCUT2D eigenvalue weighted by Crippen LogP contribution is 2.30. The highest BCUT2D eigenvalue weighted by Gasteiger charge is 2.11. The maximum Gasteiger partial charge on any atom is 0.250 e. The highest BCUT2D eigenvalue weighted by molar-refractivity contribution is 6.05. The zero-order valence-corrected chi connectivity index (χ0v) is 10.2. The SMILES string of the molecule is NC(=O)c1cnccc1-c1cccc2ccccc12. The van der Waals surface area contributed by atoms with Crippen LogP contribution in [0.2, 0.25) is 0 Å². The number of amides is 1. The number of aromatic nitrogens is 1. The number of hydrogen-bond acceptors (Lipinski definition) is 2. The lowest BCUT2D eigenvalue weighted by Crippen LogP contribution is -2.12. The minimum absolute atomic E-state index is 0.443. The molecular formula is C16H12N2O. The average molecular weight is 248 g/mol. The third kappa shape index (κ3) is 1.95. The van der Waals surface area contributed by atoms with Crippen molar-refractivity contribution in [3.05, 3.63) is 66.5 Å². The number of rotatable bonds is 2. The quantitative estimate of drug-likeness (QED) is 0.758. The first kappa shape index (κ1) is 11.4. The van der Waals surface area contributed by atoms with Crippen LogP contribution in [0.3, 0.4) is 0 Å². The monoisotopic (exact) mass is 248 g/mol. The number of hydrogen-bond donors (Lipinski definition) is 1. The molecule has 3 rings (SSSR count). The summed E-state index contributed by atoms with van der Waals surface area (Å²) in [6, 6.07) is 15.9. The van der Waals surface area contributed by atoms with Gasteiger partial charge in [-0.25, -0.2) is 0 Å². The van der Waals surface area contributed by atoms with Gasteiger partial charge in [-0.15, -0.1) is 0 Å². The van der Waals surface area contributed by atoms with E-state index in [1.807, 2.05) is 48.5 Å². The van der Waals surface area contributed by atoms with Crippen molar-refractivity contribution in [1.29, 1.82) is 0 Å². The maximum atomic E-state index is 11.5. The molecule has 3 aromatic rings. The summed E-state index contributed by atoms with van der Waals surface area (Å²) in [5, 5.41) is 2.23. The van der Waals surface area contributed by atoms with Gasteiger partial charge in [0, 0.05) is 12.4 Å². The van der Waals surface area contributed by atoms with Crippen LogP contribution in [0, 0.1) is 0 Å². The third-order valence-corrected chi connectivity index (χ3v) is 3.17. The topological polar surface area (TPSA) is 56.0 Å². The summed E-state index contributed by atoms with van der Waals surface area (Å²) >= 11 is 0. The Kier molecular flexibility index (Phi) is 2.72. The number of pyridine rings is 1. The number of nitrogens with two attached hydrogens (primary N) is 1. The summed E-state index contributed by atoms with van der Waals surface area (Å²) in [5.74, 6) is -0.462. The number of carbonyl (C=O) groups excluding carboxylic acids is 1. The number of fused-ring (bicyclic) bond motifs is 1. The molecular weight excluding hydrogens is 236 g/mol. The van der Waals surface area contributed by atoms with Crippen molar-refractivity contribution in [3.8, 4) is 11.1 Å². The van der Waals surface area contributed by atoms with E-state index in [-0.39, 0.29) is 0 Å². The number of benzene rings is 2. The molecule has 0 aliphatic heterocycles. The Balaban J connectivity index is 2.34. The Morgan fingerprint density at radius 2 is 1.74 bits per heavy atom. The first-order valence-electron chi connectivity index (χ1n) is 5.99. The second-order valence-corrected chi connectivity index (χ2v) is 4.31. The van der Waals surface area contributed by atoms with Gasteiger partial charge >= 0.3 is 0 Å². The van der Waals surface area contributed by atoms with Gasteiger partial charge in [0.15, 0.2) is 0 Å². The van der Waals surface area contributed by atoms with Gasteiger partial charge in [0.1, 0.15) is 0 Å². The summed E-state index contributed by atoms with van der Waals surface area (Å²) < 4.78 is 0. The Morgan fingerprint density at radius 1 is 0.947 bits per heavy atom. The second kappa shape index (κ2) is 4.53. The predicted molar refractivity (Wildman–Crippen MR) is 75.7 cm³/mol.